The lowest BCUT2D eigenvalue weighted by molar-refractivity contribution is 0.0521. The molecule has 19 heavy (non-hydrogen) atoms. The summed E-state index contributed by atoms with van der Waals surface area (Å²) in [6.07, 6.45) is 2.15. The molecular weight excluding hydrogens is 240 g/mol. The molecule has 5 nitrogen and oxygen atoms in total. The fraction of sp³-hybridized carbons (Fsp3) is 0.571. The van der Waals surface area contributed by atoms with Crippen LogP contribution in [0.4, 0.5) is 5.95 Å². The maximum Gasteiger partial charge on any atom is 0.202 e. The van der Waals surface area contributed by atoms with Gasteiger partial charge in [-0.3, -0.25) is 4.57 Å². The third-order valence-electron chi connectivity index (χ3n) is 4.06. The molecule has 1 aliphatic heterocycles. The van der Waals surface area contributed by atoms with Crippen molar-refractivity contribution in [1.29, 1.82) is 0 Å². The summed E-state index contributed by atoms with van der Waals surface area (Å²) in [4.78, 5) is 9.02. The van der Waals surface area contributed by atoms with E-state index in [2.05, 4.69) is 21.5 Å². The van der Waals surface area contributed by atoms with Crippen molar-refractivity contribution in [2.75, 3.05) is 18.9 Å². The minimum atomic E-state index is 0.309. The van der Waals surface area contributed by atoms with E-state index < -0.39 is 0 Å². The summed E-state index contributed by atoms with van der Waals surface area (Å²) < 4.78 is 7.51. The number of rotatable bonds is 2. The first-order valence-electron chi connectivity index (χ1n) is 6.85. The Morgan fingerprint density at radius 3 is 2.79 bits per heavy atom. The first-order valence-corrected chi connectivity index (χ1v) is 6.85. The summed E-state index contributed by atoms with van der Waals surface area (Å²) in [6, 6.07) is 4.27. The van der Waals surface area contributed by atoms with Crippen LogP contribution in [0, 0.1) is 12.8 Å². The van der Waals surface area contributed by atoms with Crippen molar-refractivity contribution in [3.63, 3.8) is 0 Å². The molecule has 5 heteroatoms. The highest BCUT2D eigenvalue weighted by atomic mass is 16.5. The Morgan fingerprint density at radius 2 is 2.05 bits per heavy atom. The number of hydrogen-bond acceptors (Lipinski definition) is 4. The lowest BCUT2D eigenvalue weighted by Crippen LogP contribution is -2.25. The molecule has 0 amide bonds. The molecule has 2 N–H and O–H groups in total. The smallest absolute Gasteiger partial charge is 0.202 e. The van der Waals surface area contributed by atoms with Crippen molar-refractivity contribution >= 4 is 17.1 Å². The number of imidazole rings is 1. The van der Waals surface area contributed by atoms with Crippen molar-refractivity contribution in [3.8, 4) is 0 Å². The maximum absolute atomic E-state index is 6.09. The second-order valence-electron chi connectivity index (χ2n) is 5.33. The normalized spacial score (nSPS) is 18.8. The molecule has 0 aliphatic carbocycles. The molecule has 0 radical (unpaired) electrons. The van der Waals surface area contributed by atoms with E-state index in [1.54, 1.807) is 0 Å². The Kier molecular flexibility index (Phi) is 3.14. The minimum Gasteiger partial charge on any atom is -0.381 e. The first kappa shape index (κ1) is 12.4. The fourth-order valence-electron chi connectivity index (χ4n) is 2.90. The largest absolute Gasteiger partial charge is 0.381 e. The summed E-state index contributed by atoms with van der Waals surface area (Å²) in [5.74, 6) is 1.14. The van der Waals surface area contributed by atoms with Gasteiger partial charge in [0, 0.05) is 24.9 Å². The highest BCUT2D eigenvalue weighted by Gasteiger charge is 2.25. The molecule has 1 fully saturated rings. The van der Waals surface area contributed by atoms with Crippen LogP contribution in [-0.2, 0) is 4.74 Å². The van der Waals surface area contributed by atoms with Gasteiger partial charge in [-0.1, -0.05) is 0 Å². The molecule has 0 saturated carbocycles. The van der Waals surface area contributed by atoms with Gasteiger partial charge in [-0.2, -0.15) is 0 Å². The molecule has 0 spiro atoms. The summed E-state index contributed by atoms with van der Waals surface area (Å²) in [5.41, 5.74) is 8.86. The van der Waals surface area contributed by atoms with Crippen molar-refractivity contribution in [3.05, 3.63) is 17.8 Å². The van der Waals surface area contributed by atoms with Gasteiger partial charge in [-0.05, 0) is 44.7 Å². The van der Waals surface area contributed by atoms with Crippen molar-refractivity contribution in [1.82, 2.24) is 14.5 Å². The number of fused-ring (bicyclic) bond motifs is 1. The lowest BCUT2D eigenvalue weighted by Gasteiger charge is -2.29. The van der Waals surface area contributed by atoms with Crippen LogP contribution in [0.3, 0.4) is 0 Å². The Labute approximate surface area is 112 Å². The molecule has 2 aromatic rings. The highest BCUT2D eigenvalue weighted by Crippen LogP contribution is 2.31. The summed E-state index contributed by atoms with van der Waals surface area (Å²) in [7, 11) is 0. The predicted octanol–water partition coefficient (Wildman–Crippen LogP) is 2.31. The quantitative estimate of drug-likeness (QED) is 0.899. The van der Waals surface area contributed by atoms with Crippen LogP contribution in [0.25, 0.3) is 11.2 Å². The number of nitrogens with zero attached hydrogens (tertiary/aromatic N) is 3. The van der Waals surface area contributed by atoms with Crippen molar-refractivity contribution in [2.24, 2.45) is 5.92 Å². The molecule has 1 aliphatic rings. The van der Waals surface area contributed by atoms with Crippen molar-refractivity contribution in [2.45, 2.75) is 32.7 Å². The number of ether oxygens (including phenoxy) is 1. The van der Waals surface area contributed by atoms with Gasteiger partial charge >= 0.3 is 0 Å². The van der Waals surface area contributed by atoms with E-state index in [1.165, 1.54) is 0 Å². The molecule has 3 rings (SSSR count). The number of anilines is 1. The van der Waals surface area contributed by atoms with E-state index >= 15 is 0 Å². The van der Waals surface area contributed by atoms with Gasteiger partial charge in [0.05, 0.1) is 0 Å². The van der Waals surface area contributed by atoms with E-state index in [4.69, 9.17) is 10.5 Å². The van der Waals surface area contributed by atoms with Crippen LogP contribution < -0.4 is 5.73 Å². The zero-order valence-electron chi connectivity index (χ0n) is 11.5. The SMILES string of the molecule is Cc1ccc2nc(N)n(C(C)C3CCOCC3)c2n1. The first-order chi connectivity index (χ1) is 9.16. The Balaban J connectivity index is 2.02. The Bertz CT molecular complexity index is 586. The van der Waals surface area contributed by atoms with Crippen LogP contribution in [0.5, 0.6) is 0 Å². The lowest BCUT2D eigenvalue weighted by atomic mass is 9.93. The van der Waals surface area contributed by atoms with E-state index in [9.17, 15) is 0 Å². The van der Waals surface area contributed by atoms with E-state index in [0.717, 1.165) is 42.9 Å². The van der Waals surface area contributed by atoms with E-state index in [0.29, 0.717) is 17.9 Å². The summed E-state index contributed by atoms with van der Waals surface area (Å²) in [6.45, 7) is 5.88. The molecule has 3 heterocycles. The molecule has 2 aromatic heterocycles. The molecule has 1 unspecified atom stereocenters. The minimum absolute atomic E-state index is 0.309. The van der Waals surface area contributed by atoms with Gasteiger partial charge in [0.2, 0.25) is 5.95 Å². The van der Waals surface area contributed by atoms with Gasteiger partial charge in [0.1, 0.15) is 5.52 Å². The fourth-order valence-corrected chi connectivity index (χ4v) is 2.90. The average Bonchev–Trinajstić information content (AvgIpc) is 2.74. The van der Waals surface area contributed by atoms with Gasteiger partial charge in [0.15, 0.2) is 5.65 Å². The topological polar surface area (TPSA) is 66.0 Å². The number of pyridine rings is 1. The van der Waals surface area contributed by atoms with E-state index in [1.807, 2.05) is 19.1 Å². The Hall–Kier alpha value is -1.62. The van der Waals surface area contributed by atoms with Gasteiger partial charge < -0.3 is 10.5 Å². The standard InChI is InChI=1S/C14H20N4O/c1-9-3-4-12-13(16-9)18(14(15)17-12)10(2)11-5-7-19-8-6-11/h3-4,10-11H,5-8H2,1-2H3,(H2,15,17). The van der Waals surface area contributed by atoms with Crippen LogP contribution in [0.2, 0.25) is 0 Å². The predicted molar refractivity (Wildman–Crippen MR) is 74.9 cm³/mol. The number of aromatic nitrogens is 3. The summed E-state index contributed by atoms with van der Waals surface area (Å²) >= 11 is 0. The third kappa shape index (κ3) is 2.18. The molecule has 1 saturated heterocycles. The number of aryl methyl sites for hydroxylation is 1. The maximum atomic E-state index is 6.09. The average molecular weight is 260 g/mol. The second kappa shape index (κ2) is 4.81. The molecule has 0 aromatic carbocycles. The van der Waals surface area contributed by atoms with Crippen LogP contribution in [-0.4, -0.2) is 27.7 Å². The zero-order valence-corrected chi connectivity index (χ0v) is 11.5. The van der Waals surface area contributed by atoms with Crippen LogP contribution in [0.1, 0.15) is 31.5 Å². The highest BCUT2D eigenvalue weighted by molar-refractivity contribution is 5.74. The number of nitrogens with two attached hydrogens (primary N) is 1. The van der Waals surface area contributed by atoms with E-state index in [-0.39, 0.29) is 0 Å². The molecule has 1 atom stereocenters. The third-order valence-corrected chi connectivity index (χ3v) is 4.06. The van der Waals surface area contributed by atoms with Gasteiger partial charge in [-0.25, -0.2) is 9.97 Å². The van der Waals surface area contributed by atoms with Crippen LogP contribution >= 0.6 is 0 Å². The number of hydrogen-bond donors (Lipinski definition) is 1. The molecule has 102 valence electrons. The molecular formula is C14H20N4O. The van der Waals surface area contributed by atoms with Crippen molar-refractivity contribution < 1.29 is 4.74 Å². The zero-order chi connectivity index (χ0) is 13.4. The summed E-state index contributed by atoms with van der Waals surface area (Å²) in [5, 5.41) is 0. The molecule has 0 bridgehead atoms. The van der Waals surface area contributed by atoms with Crippen LogP contribution in [0.15, 0.2) is 12.1 Å². The Morgan fingerprint density at radius 1 is 1.32 bits per heavy atom. The second-order valence-corrected chi connectivity index (χ2v) is 5.33. The monoisotopic (exact) mass is 260 g/mol. The van der Waals surface area contributed by atoms with Gasteiger partial charge in [0.25, 0.3) is 0 Å². The number of nitrogen functional groups attached to an aromatic ring is 1. The van der Waals surface area contributed by atoms with Gasteiger partial charge in [-0.15, -0.1) is 0 Å².